The maximum Gasteiger partial charge on any atom is 0.244 e. The number of benzene rings is 2. The lowest BCUT2D eigenvalue weighted by atomic mass is 10.1. The number of hydrogen-bond donors (Lipinski definition) is 2. The highest BCUT2D eigenvalue weighted by atomic mass is 16.1. The number of carbonyl (C=O) groups is 1. The van der Waals surface area contributed by atoms with E-state index >= 15 is 0 Å². The Morgan fingerprint density at radius 3 is 2.39 bits per heavy atom. The van der Waals surface area contributed by atoms with Crippen LogP contribution in [0.5, 0.6) is 0 Å². The summed E-state index contributed by atoms with van der Waals surface area (Å²) in [5, 5.41) is 3.11. The summed E-state index contributed by atoms with van der Waals surface area (Å²) in [6.07, 6.45) is 3.48. The molecule has 0 heterocycles. The zero-order valence-electron chi connectivity index (χ0n) is 14.0. The minimum atomic E-state index is -0.0663. The molecule has 0 unspecified atom stereocenters. The summed E-state index contributed by atoms with van der Waals surface area (Å²) in [6, 6.07) is 18.1. The predicted molar refractivity (Wildman–Crippen MR) is 95.2 cm³/mol. The number of nitrogens with one attached hydrogen (secondary N) is 2. The second-order valence-corrected chi connectivity index (χ2v) is 6.07. The summed E-state index contributed by atoms with van der Waals surface area (Å²) in [5.74, 6) is -0.0663. The molecular weight excluding hydrogens is 284 g/mol. The number of aryl methyl sites for hydroxylation is 1. The van der Waals surface area contributed by atoms with E-state index < -0.39 is 0 Å². The molecule has 0 aliphatic carbocycles. The molecule has 1 atom stereocenters. The van der Waals surface area contributed by atoms with Crippen molar-refractivity contribution in [3.63, 3.8) is 0 Å². The van der Waals surface area contributed by atoms with E-state index in [-0.39, 0.29) is 11.9 Å². The van der Waals surface area contributed by atoms with Crippen LogP contribution in [-0.2, 0) is 4.79 Å². The van der Waals surface area contributed by atoms with Crippen LogP contribution in [0.1, 0.15) is 22.7 Å². The summed E-state index contributed by atoms with van der Waals surface area (Å²) < 4.78 is 0. The molecular formula is C20H25N2O+. The van der Waals surface area contributed by atoms with Crippen LogP contribution in [-0.4, -0.2) is 26.5 Å². The van der Waals surface area contributed by atoms with Crippen molar-refractivity contribution in [2.24, 2.45) is 0 Å². The number of amides is 1. The molecule has 23 heavy (non-hydrogen) atoms. The van der Waals surface area contributed by atoms with E-state index in [0.29, 0.717) is 0 Å². The smallest absolute Gasteiger partial charge is 0.244 e. The van der Waals surface area contributed by atoms with Crippen molar-refractivity contribution in [3.05, 3.63) is 77.4 Å². The molecule has 0 radical (unpaired) electrons. The van der Waals surface area contributed by atoms with E-state index in [0.717, 1.165) is 23.2 Å². The van der Waals surface area contributed by atoms with E-state index in [2.05, 4.69) is 31.5 Å². The first kappa shape index (κ1) is 17.0. The van der Waals surface area contributed by atoms with Crippen LogP contribution in [0.4, 0.5) is 0 Å². The van der Waals surface area contributed by atoms with Crippen molar-refractivity contribution in [1.82, 2.24) is 5.32 Å². The molecule has 2 N–H and O–H groups in total. The fraction of sp³-hybridized carbons (Fsp3) is 0.250. The highest BCUT2D eigenvalue weighted by molar-refractivity contribution is 5.92. The quantitative estimate of drug-likeness (QED) is 0.786. The van der Waals surface area contributed by atoms with Gasteiger partial charge in [-0.2, -0.15) is 0 Å². The van der Waals surface area contributed by atoms with Crippen molar-refractivity contribution < 1.29 is 9.69 Å². The summed E-state index contributed by atoms with van der Waals surface area (Å²) in [5.41, 5.74) is 3.36. The van der Waals surface area contributed by atoms with Gasteiger partial charge in [-0.1, -0.05) is 54.6 Å². The van der Waals surface area contributed by atoms with Crippen molar-refractivity contribution in [2.75, 3.05) is 20.6 Å². The molecule has 0 bridgehead atoms. The normalized spacial score (nSPS) is 12.5. The molecule has 3 heteroatoms. The Morgan fingerprint density at radius 2 is 1.74 bits per heavy atom. The van der Waals surface area contributed by atoms with Crippen LogP contribution >= 0.6 is 0 Å². The lowest BCUT2D eigenvalue weighted by molar-refractivity contribution is -0.860. The first-order chi connectivity index (χ1) is 11.1. The second-order valence-electron chi connectivity index (χ2n) is 6.07. The van der Waals surface area contributed by atoms with Crippen molar-refractivity contribution in [3.8, 4) is 0 Å². The minimum Gasteiger partial charge on any atom is -0.340 e. The van der Waals surface area contributed by atoms with E-state index in [1.54, 1.807) is 6.08 Å². The SMILES string of the molecule is Cc1ccccc1/C=C/C(=O)N[C@@H](C[NH+](C)C)c1ccccc1. The third kappa shape index (κ3) is 5.38. The zero-order valence-corrected chi connectivity index (χ0v) is 14.0. The number of hydrogen-bond acceptors (Lipinski definition) is 1. The highest BCUT2D eigenvalue weighted by Gasteiger charge is 2.16. The molecule has 0 saturated heterocycles. The van der Waals surface area contributed by atoms with Gasteiger partial charge in [-0.15, -0.1) is 0 Å². The molecule has 0 aliphatic heterocycles. The van der Waals surface area contributed by atoms with Crippen LogP contribution in [0, 0.1) is 6.92 Å². The van der Waals surface area contributed by atoms with Crippen LogP contribution in [0.15, 0.2) is 60.7 Å². The molecule has 1 amide bonds. The van der Waals surface area contributed by atoms with Crippen molar-refractivity contribution in [2.45, 2.75) is 13.0 Å². The monoisotopic (exact) mass is 309 g/mol. The lowest BCUT2D eigenvalue weighted by Gasteiger charge is -2.20. The molecule has 0 aromatic heterocycles. The molecule has 0 fully saturated rings. The van der Waals surface area contributed by atoms with E-state index in [1.807, 2.05) is 55.5 Å². The highest BCUT2D eigenvalue weighted by Crippen LogP contribution is 2.12. The Balaban J connectivity index is 2.07. The van der Waals surface area contributed by atoms with Gasteiger partial charge in [0, 0.05) is 6.08 Å². The number of likely N-dealkylation sites (N-methyl/N-ethyl adjacent to an activating group) is 1. The zero-order chi connectivity index (χ0) is 16.7. The Labute approximate surface area is 138 Å². The minimum absolute atomic E-state index is 0.00946. The maximum atomic E-state index is 12.3. The molecule has 3 nitrogen and oxygen atoms in total. The molecule has 0 saturated carbocycles. The van der Waals surface area contributed by atoms with E-state index in [9.17, 15) is 4.79 Å². The number of carbonyl (C=O) groups excluding carboxylic acids is 1. The third-order valence-electron chi connectivity index (χ3n) is 3.73. The topological polar surface area (TPSA) is 33.5 Å². The van der Waals surface area contributed by atoms with Gasteiger partial charge in [0.25, 0.3) is 0 Å². The van der Waals surface area contributed by atoms with Crippen LogP contribution in [0.2, 0.25) is 0 Å². The molecule has 0 spiro atoms. The van der Waals surface area contributed by atoms with Gasteiger partial charge in [-0.05, 0) is 29.7 Å². The molecule has 2 aromatic rings. The molecule has 120 valence electrons. The predicted octanol–water partition coefficient (Wildman–Crippen LogP) is 2.01. The number of quaternary nitrogens is 1. The Kier molecular flexibility index (Phi) is 6.12. The van der Waals surface area contributed by atoms with Crippen LogP contribution < -0.4 is 10.2 Å². The van der Waals surface area contributed by atoms with Gasteiger partial charge in [-0.3, -0.25) is 4.79 Å². The Hall–Kier alpha value is -2.39. The average Bonchev–Trinajstić information content (AvgIpc) is 2.54. The molecule has 0 aliphatic rings. The third-order valence-corrected chi connectivity index (χ3v) is 3.73. The van der Waals surface area contributed by atoms with E-state index in [1.165, 1.54) is 4.90 Å². The largest absolute Gasteiger partial charge is 0.340 e. The summed E-state index contributed by atoms with van der Waals surface area (Å²) >= 11 is 0. The maximum absolute atomic E-state index is 12.3. The van der Waals surface area contributed by atoms with Gasteiger partial charge in [0.1, 0.15) is 12.6 Å². The van der Waals surface area contributed by atoms with Gasteiger partial charge < -0.3 is 10.2 Å². The molecule has 2 rings (SSSR count). The van der Waals surface area contributed by atoms with Gasteiger partial charge >= 0.3 is 0 Å². The fourth-order valence-electron chi connectivity index (χ4n) is 2.50. The fourth-order valence-corrected chi connectivity index (χ4v) is 2.50. The van der Waals surface area contributed by atoms with Gasteiger partial charge in [0.05, 0.1) is 14.1 Å². The van der Waals surface area contributed by atoms with Crippen LogP contribution in [0.3, 0.4) is 0 Å². The van der Waals surface area contributed by atoms with Gasteiger partial charge in [0.15, 0.2) is 0 Å². The number of rotatable bonds is 6. The second kappa shape index (κ2) is 8.30. The van der Waals surface area contributed by atoms with Crippen molar-refractivity contribution in [1.29, 1.82) is 0 Å². The van der Waals surface area contributed by atoms with Gasteiger partial charge in [-0.25, -0.2) is 0 Å². The first-order valence-electron chi connectivity index (χ1n) is 7.94. The summed E-state index contributed by atoms with van der Waals surface area (Å²) in [4.78, 5) is 13.6. The summed E-state index contributed by atoms with van der Waals surface area (Å²) in [7, 11) is 4.18. The van der Waals surface area contributed by atoms with Gasteiger partial charge in [0.2, 0.25) is 5.91 Å². The van der Waals surface area contributed by atoms with Crippen LogP contribution in [0.25, 0.3) is 6.08 Å². The Morgan fingerprint density at radius 1 is 1.09 bits per heavy atom. The first-order valence-corrected chi connectivity index (χ1v) is 7.94. The standard InChI is InChI=1S/C20H24N2O/c1-16-9-7-8-10-17(16)13-14-20(23)21-19(15-22(2)3)18-11-5-4-6-12-18/h4-14,19H,15H2,1-3H3,(H,21,23)/p+1/b14-13+/t19-/m0/s1. The Bertz CT molecular complexity index is 662. The summed E-state index contributed by atoms with van der Waals surface area (Å²) in [6.45, 7) is 2.88. The van der Waals surface area contributed by atoms with Crippen molar-refractivity contribution >= 4 is 12.0 Å². The lowest BCUT2D eigenvalue weighted by Crippen LogP contribution is -3.06. The van der Waals surface area contributed by atoms with E-state index in [4.69, 9.17) is 0 Å². The average molecular weight is 309 g/mol. The molecule has 2 aromatic carbocycles.